The number of nitrogens with two attached hydrogens (primary N) is 1. The monoisotopic (exact) mass is 300 g/mol. The maximum atomic E-state index is 12.2. The quantitative estimate of drug-likeness (QED) is 0.890. The van der Waals surface area contributed by atoms with E-state index in [1.165, 1.54) is 6.33 Å². The van der Waals surface area contributed by atoms with Crippen molar-refractivity contribution >= 4 is 11.6 Å². The van der Waals surface area contributed by atoms with E-state index >= 15 is 0 Å². The molecule has 1 aliphatic rings. The predicted octanol–water partition coefficient (Wildman–Crippen LogP) is 1.43. The van der Waals surface area contributed by atoms with E-state index in [4.69, 9.17) is 5.73 Å². The van der Waals surface area contributed by atoms with Gasteiger partial charge in [0.2, 0.25) is 5.91 Å². The molecule has 0 spiro atoms. The first-order valence-corrected chi connectivity index (χ1v) is 7.53. The molecule has 22 heavy (non-hydrogen) atoms. The number of nitrogens with zero attached hydrogens (tertiary/aromatic N) is 4. The van der Waals surface area contributed by atoms with E-state index in [-0.39, 0.29) is 11.9 Å². The van der Waals surface area contributed by atoms with Gasteiger partial charge in [-0.1, -0.05) is 12.5 Å². The molecular formula is C15H20N6O. The van der Waals surface area contributed by atoms with Crippen LogP contribution in [0, 0.1) is 12.8 Å². The molecule has 1 fully saturated rings. The average molecular weight is 300 g/mol. The van der Waals surface area contributed by atoms with Crippen LogP contribution < -0.4 is 11.1 Å². The minimum absolute atomic E-state index is 0.00821. The molecule has 0 unspecified atom stereocenters. The Labute approximate surface area is 128 Å². The Kier molecular flexibility index (Phi) is 4.15. The minimum atomic E-state index is 0.00821. The number of aryl methyl sites for hydroxylation is 1. The van der Waals surface area contributed by atoms with Crippen LogP contribution in [0.5, 0.6) is 0 Å². The molecule has 2 atom stereocenters. The molecule has 7 heteroatoms. The summed E-state index contributed by atoms with van der Waals surface area (Å²) in [5.74, 6) is 0.304. The molecule has 3 rings (SSSR count). The van der Waals surface area contributed by atoms with Gasteiger partial charge in [-0.3, -0.25) is 4.79 Å². The van der Waals surface area contributed by atoms with Gasteiger partial charge >= 0.3 is 0 Å². The van der Waals surface area contributed by atoms with Crippen LogP contribution >= 0.6 is 0 Å². The van der Waals surface area contributed by atoms with Gasteiger partial charge in [-0.2, -0.15) is 0 Å². The lowest BCUT2D eigenvalue weighted by atomic mass is 10.00. The lowest BCUT2D eigenvalue weighted by Gasteiger charge is -2.15. The summed E-state index contributed by atoms with van der Waals surface area (Å²) < 4.78 is 1.58. The van der Waals surface area contributed by atoms with Gasteiger partial charge in [-0.25, -0.2) is 4.68 Å². The summed E-state index contributed by atoms with van der Waals surface area (Å²) in [5.41, 5.74) is 8.64. The molecular weight excluding hydrogens is 280 g/mol. The van der Waals surface area contributed by atoms with Gasteiger partial charge in [-0.15, -0.1) is 5.10 Å². The first kappa shape index (κ1) is 14.6. The zero-order chi connectivity index (χ0) is 15.5. The number of aromatic nitrogens is 4. The van der Waals surface area contributed by atoms with Crippen molar-refractivity contribution in [1.82, 2.24) is 20.2 Å². The highest BCUT2D eigenvalue weighted by atomic mass is 16.1. The molecule has 3 N–H and O–H groups in total. The summed E-state index contributed by atoms with van der Waals surface area (Å²) in [6.07, 6.45) is 5.19. The zero-order valence-electron chi connectivity index (χ0n) is 12.6. The van der Waals surface area contributed by atoms with E-state index in [9.17, 15) is 4.79 Å². The summed E-state index contributed by atoms with van der Waals surface area (Å²) in [6, 6.07) is 5.85. The van der Waals surface area contributed by atoms with Gasteiger partial charge in [0, 0.05) is 18.2 Å². The molecule has 1 saturated carbocycles. The Morgan fingerprint density at radius 1 is 1.45 bits per heavy atom. The number of hydrogen-bond acceptors (Lipinski definition) is 5. The van der Waals surface area contributed by atoms with Gasteiger partial charge in [-0.05, 0) is 53.8 Å². The number of carbonyl (C=O) groups excluding carboxylic acids is 1. The van der Waals surface area contributed by atoms with Crippen molar-refractivity contribution in [2.45, 2.75) is 38.6 Å². The lowest BCUT2D eigenvalue weighted by molar-refractivity contribution is -0.117. The molecule has 1 heterocycles. The largest absolute Gasteiger partial charge is 0.327 e. The molecule has 1 aromatic heterocycles. The SMILES string of the molecule is Cc1ccc(NC(=O)C[C@@H]2CCC[C@H]2N)cc1-n1cnnn1. The summed E-state index contributed by atoms with van der Waals surface area (Å²) in [4.78, 5) is 12.2. The first-order chi connectivity index (χ1) is 10.6. The van der Waals surface area contributed by atoms with Gasteiger partial charge in [0.15, 0.2) is 0 Å². The molecule has 2 aromatic rings. The van der Waals surface area contributed by atoms with Crippen molar-refractivity contribution in [2.75, 3.05) is 5.32 Å². The fourth-order valence-corrected chi connectivity index (χ4v) is 2.97. The Hall–Kier alpha value is -2.28. The maximum Gasteiger partial charge on any atom is 0.224 e. The van der Waals surface area contributed by atoms with Crippen molar-refractivity contribution in [2.24, 2.45) is 11.7 Å². The van der Waals surface area contributed by atoms with Crippen molar-refractivity contribution in [1.29, 1.82) is 0 Å². The van der Waals surface area contributed by atoms with Crippen LogP contribution in [-0.2, 0) is 4.79 Å². The molecule has 0 aliphatic heterocycles. The van der Waals surface area contributed by atoms with E-state index in [1.54, 1.807) is 4.68 Å². The van der Waals surface area contributed by atoms with Crippen LogP contribution in [0.2, 0.25) is 0 Å². The Morgan fingerprint density at radius 3 is 3.00 bits per heavy atom. The van der Waals surface area contributed by atoms with Gasteiger partial charge in [0.25, 0.3) is 0 Å². The van der Waals surface area contributed by atoms with Crippen molar-refractivity contribution in [3.63, 3.8) is 0 Å². The number of tetrazole rings is 1. The van der Waals surface area contributed by atoms with E-state index in [1.807, 2.05) is 25.1 Å². The van der Waals surface area contributed by atoms with Crippen molar-refractivity contribution < 1.29 is 4.79 Å². The van der Waals surface area contributed by atoms with Crippen LogP contribution in [0.1, 0.15) is 31.2 Å². The van der Waals surface area contributed by atoms with Crippen LogP contribution in [0.25, 0.3) is 5.69 Å². The summed E-state index contributed by atoms with van der Waals surface area (Å²) in [6.45, 7) is 1.97. The molecule has 0 radical (unpaired) electrons. The summed E-state index contributed by atoms with van der Waals surface area (Å²) in [5, 5.41) is 14.1. The Bertz CT molecular complexity index is 654. The Balaban J connectivity index is 1.70. The summed E-state index contributed by atoms with van der Waals surface area (Å²) >= 11 is 0. The highest BCUT2D eigenvalue weighted by molar-refractivity contribution is 5.91. The Morgan fingerprint density at radius 2 is 2.32 bits per heavy atom. The van der Waals surface area contributed by atoms with Crippen LogP contribution in [-0.4, -0.2) is 32.2 Å². The second kappa shape index (κ2) is 6.23. The van der Waals surface area contributed by atoms with Crippen molar-refractivity contribution in [3.05, 3.63) is 30.1 Å². The van der Waals surface area contributed by atoms with E-state index in [0.29, 0.717) is 12.3 Å². The van der Waals surface area contributed by atoms with Crippen LogP contribution in [0.3, 0.4) is 0 Å². The molecule has 0 saturated heterocycles. The molecule has 1 aromatic carbocycles. The first-order valence-electron chi connectivity index (χ1n) is 7.53. The van der Waals surface area contributed by atoms with Gasteiger partial charge in [0.1, 0.15) is 6.33 Å². The van der Waals surface area contributed by atoms with E-state index in [2.05, 4.69) is 20.8 Å². The second-order valence-electron chi connectivity index (χ2n) is 5.86. The highest BCUT2D eigenvalue weighted by Crippen LogP contribution is 2.27. The number of rotatable bonds is 4. The summed E-state index contributed by atoms with van der Waals surface area (Å²) in [7, 11) is 0. The number of anilines is 1. The van der Waals surface area contributed by atoms with Gasteiger partial charge < -0.3 is 11.1 Å². The number of hydrogen-bond donors (Lipinski definition) is 2. The van der Waals surface area contributed by atoms with Crippen molar-refractivity contribution in [3.8, 4) is 5.69 Å². The van der Waals surface area contributed by atoms with E-state index in [0.717, 1.165) is 36.2 Å². The molecule has 0 bridgehead atoms. The standard InChI is InChI=1S/C15H20N6O/c1-10-5-6-12(8-14(10)21-9-17-19-20-21)18-15(22)7-11-3-2-4-13(11)16/h5-6,8-9,11,13H,2-4,7,16H2,1H3,(H,18,22)/t11-,13+/m0/s1. The predicted molar refractivity (Wildman–Crippen MR) is 82.5 cm³/mol. The molecule has 1 amide bonds. The van der Waals surface area contributed by atoms with Gasteiger partial charge in [0.05, 0.1) is 5.69 Å². The number of nitrogens with one attached hydrogen (secondary N) is 1. The fraction of sp³-hybridized carbons (Fsp3) is 0.467. The zero-order valence-corrected chi connectivity index (χ0v) is 12.6. The number of amides is 1. The number of carbonyl (C=O) groups is 1. The normalized spacial score (nSPS) is 21.0. The fourth-order valence-electron chi connectivity index (χ4n) is 2.97. The van der Waals surface area contributed by atoms with Crippen LogP contribution in [0.15, 0.2) is 24.5 Å². The smallest absolute Gasteiger partial charge is 0.224 e. The minimum Gasteiger partial charge on any atom is -0.327 e. The molecule has 1 aliphatic carbocycles. The van der Waals surface area contributed by atoms with Crippen LogP contribution in [0.4, 0.5) is 5.69 Å². The number of benzene rings is 1. The lowest BCUT2D eigenvalue weighted by Crippen LogP contribution is -2.28. The topological polar surface area (TPSA) is 98.7 Å². The average Bonchev–Trinajstić information content (AvgIpc) is 3.14. The molecule has 7 nitrogen and oxygen atoms in total. The third-order valence-electron chi connectivity index (χ3n) is 4.25. The highest BCUT2D eigenvalue weighted by Gasteiger charge is 2.26. The third kappa shape index (κ3) is 3.14. The molecule has 116 valence electrons. The third-order valence-corrected chi connectivity index (χ3v) is 4.25. The maximum absolute atomic E-state index is 12.2. The second-order valence-corrected chi connectivity index (χ2v) is 5.86. The van der Waals surface area contributed by atoms with E-state index < -0.39 is 0 Å².